The van der Waals surface area contributed by atoms with Crippen LogP contribution in [0.4, 0.5) is 5.69 Å². The number of nitrogens with one attached hydrogen (secondary N) is 1. The van der Waals surface area contributed by atoms with Gasteiger partial charge in [0, 0.05) is 35.5 Å². The van der Waals surface area contributed by atoms with Crippen molar-refractivity contribution in [2.24, 2.45) is 0 Å². The molecule has 0 saturated carbocycles. The first-order valence-corrected chi connectivity index (χ1v) is 10.6. The Bertz CT molecular complexity index is 861. The molecule has 0 amide bonds. The van der Waals surface area contributed by atoms with Crippen LogP contribution in [0.3, 0.4) is 0 Å². The third-order valence-electron chi connectivity index (χ3n) is 6.06. The maximum absolute atomic E-state index is 11.6. The summed E-state index contributed by atoms with van der Waals surface area (Å²) in [6.07, 6.45) is 2.50. The Hall–Kier alpha value is -1.78. The van der Waals surface area contributed by atoms with Gasteiger partial charge in [0.1, 0.15) is 0 Å². The number of thioether (sulfide) groups is 1. The molecule has 0 aromatic heterocycles. The van der Waals surface area contributed by atoms with Gasteiger partial charge in [0.05, 0.1) is 5.69 Å². The molecular formula is C22H24N2OS. The van der Waals surface area contributed by atoms with E-state index >= 15 is 0 Å². The van der Waals surface area contributed by atoms with E-state index in [-0.39, 0.29) is 5.78 Å². The lowest BCUT2D eigenvalue weighted by atomic mass is 9.88. The maximum Gasteiger partial charge on any atom is 0.159 e. The molecule has 3 nitrogen and oxygen atoms in total. The zero-order valence-electron chi connectivity index (χ0n) is 15.1. The second-order valence-corrected chi connectivity index (χ2v) is 8.74. The van der Waals surface area contributed by atoms with Gasteiger partial charge in [0.25, 0.3) is 0 Å². The van der Waals surface area contributed by atoms with Gasteiger partial charge in [0.2, 0.25) is 0 Å². The van der Waals surface area contributed by atoms with Gasteiger partial charge in [0.15, 0.2) is 5.78 Å². The molecule has 0 unspecified atom stereocenters. The molecule has 3 heterocycles. The molecule has 1 fully saturated rings. The van der Waals surface area contributed by atoms with Crippen LogP contribution in [0.2, 0.25) is 0 Å². The predicted molar refractivity (Wildman–Crippen MR) is 109 cm³/mol. The Morgan fingerprint density at radius 2 is 2.04 bits per heavy atom. The van der Waals surface area contributed by atoms with E-state index in [0.29, 0.717) is 12.0 Å². The highest BCUT2D eigenvalue weighted by Crippen LogP contribution is 2.51. The fourth-order valence-electron chi connectivity index (χ4n) is 4.79. The summed E-state index contributed by atoms with van der Waals surface area (Å²) >= 11 is 2.01. The summed E-state index contributed by atoms with van der Waals surface area (Å²) in [5.41, 5.74) is 6.31. The third-order valence-corrected chi connectivity index (χ3v) is 7.18. The zero-order chi connectivity index (χ0) is 17.7. The number of fused-ring (bicyclic) bond motifs is 3. The van der Waals surface area contributed by atoms with E-state index in [9.17, 15) is 4.79 Å². The Morgan fingerprint density at radius 3 is 2.85 bits per heavy atom. The van der Waals surface area contributed by atoms with E-state index in [1.807, 2.05) is 23.9 Å². The lowest BCUT2D eigenvalue weighted by molar-refractivity contribution is 0.101. The van der Waals surface area contributed by atoms with Crippen LogP contribution in [0.5, 0.6) is 0 Å². The topological polar surface area (TPSA) is 32.3 Å². The molecule has 2 aromatic carbocycles. The Labute approximate surface area is 159 Å². The number of piperidine rings is 1. The van der Waals surface area contributed by atoms with Crippen molar-refractivity contribution < 1.29 is 4.79 Å². The Kier molecular flexibility index (Phi) is 4.06. The average Bonchev–Trinajstić information content (AvgIpc) is 2.83. The normalized spacial score (nSPS) is 24.0. The van der Waals surface area contributed by atoms with E-state index in [4.69, 9.17) is 0 Å². The summed E-state index contributed by atoms with van der Waals surface area (Å²) in [4.78, 5) is 15.7. The Morgan fingerprint density at radius 1 is 1.19 bits per heavy atom. The molecule has 0 spiro atoms. The summed E-state index contributed by atoms with van der Waals surface area (Å²) in [5, 5.41) is 3.61. The molecule has 3 aliphatic heterocycles. The van der Waals surface area contributed by atoms with E-state index in [1.54, 1.807) is 6.92 Å². The highest BCUT2D eigenvalue weighted by Gasteiger charge is 2.41. The van der Waals surface area contributed by atoms with Crippen LogP contribution in [-0.2, 0) is 0 Å². The first-order chi connectivity index (χ1) is 12.7. The molecule has 0 radical (unpaired) electrons. The van der Waals surface area contributed by atoms with Crippen molar-refractivity contribution in [3.8, 4) is 11.1 Å². The van der Waals surface area contributed by atoms with E-state index < -0.39 is 0 Å². The molecule has 2 aromatic rings. The highest BCUT2D eigenvalue weighted by molar-refractivity contribution is 7.99. The van der Waals surface area contributed by atoms with Crippen molar-refractivity contribution in [3.63, 3.8) is 0 Å². The van der Waals surface area contributed by atoms with Gasteiger partial charge in [-0.3, -0.25) is 4.79 Å². The minimum atomic E-state index is 0.124. The maximum atomic E-state index is 11.6. The van der Waals surface area contributed by atoms with E-state index in [0.717, 1.165) is 18.7 Å². The van der Waals surface area contributed by atoms with Crippen LogP contribution < -0.4 is 10.2 Å². The number of ketones is 1. The van der Waals surface area contributed by atoms with Crippen LogP contribution in [0.25, 0.3) is 11.1 Å². The van der Waals surface area contributed by atoms with Gasteiger partial charge in [-0.2, -0.15) is 0 Å². The quantitative estimate of drug-likeness (QED) is 0.805. The number of benzene rings is 2. The summed E-state index contributed by atoms with van der Waals surface area (Å²) < 4.78 is 0. The van der Waals surface area contributed by atoms with E-state index in [2.05, 4.69) is 34.5 Å². The average molecular weight is 365 g/mol. The molecule has 4 heteroatoms. The number of hydrogen-bond acceptors (Lipinski definition) is 4. The first-order valence-electron chi connectivity index (χ1n) is 9.62. The lowest BCUT2D eigenvalue weighted by Crippen LogP contribution is -2.44. The van der Waals surface area contributed by atoms with Crippen LogP contribution in [0, 0.1) is 0 Å². The van der Waals surface area contributed by atoms with E-state index in [1.165, 1.54) is 52.4 Å². The van der Waals surface area contributed by atoms with Crippen molar-refractivity contribution in [3.05, 3.63) is 47.5 Å². The molecule has 26 heavy (non-hydrogen) atoms. The van der Waals surface area contributed by atoms with Gasteiger partial charge in [-0.25, -0.2) is 0 Å². The number of nitrogens with zero attached hydrogens (tertiary/aromatic N) is 1. The summed E-state index contributed by atoms with van der Waals surface area (Å²) in [6.45, 7) is 5.04. The summed E-state index contributed by atoms with van der Waals surface area (Å²) in [7, 11) is 0. The fourth-order valence-corrected chi connectivity index (χ4v) is 5.86. The van der Waals surface area contributed by atoms with Gasteiger partial charge in [-0.05, 0) is 60.9 Å². The van der Waals surface area contributed by atoms with Crippen LogP contribution in [-0.4, -0.2) is 37.2 Å². The molecule has 0 aliphatic carbocycles. The fraction of sp³-hybridized carbons (Fsp3) is 0.409. The van der Waals surface area contributed by atoms with Crippen molar-refractivity contribution in [2.75, 3.05) is 30.3 Å². The molecule has 2 atom stereocenters. The molecule has 5 rings (SSSR count). The van der Waals surface area contributed by atoms with Crippen molar-refractivity contribution in [1.82, 2.24) is 5.32 Å². The molecule has 0 bridgehead atoms. The standard InChI is InChI=1S/C22H24N2OS/c1-14(25)15-3-5-16(6-4-15)17-11-18-19-13-23-8-7-20(19)24-9-2-10-26-21(12-17)22(18)24/h3-6,11-12,19-20,23H,2,7-10,13H2,1H3/t19-,20-/m1/s1. The Balaban J connectivity index is 1.62. The summed E-state index contributed by atoms with van der Waals surface area (Å²) in [6, 6.07) is 13.5. The molecule has 1 N–H and O–H groups in total. The van der Waals surface area contributed by atoms with Crippen LogP contribution in [0.1, 0.15) is 41.6 Å². The number of carbonyl (C=O) groups excluding carboxylic acids is 1. The number of carbonyl (C=O) groups is 1. The molecule has 1 saturated heterocycles. The highest BCUT2D eigenvalue weighted by atomic mass is 32.2. The van der Waals surface area contributed by atoms with Gasteiger partial charge in [-0.1, -0.05) is 24.3 Å². The van der Waals surface area contributed by atoms with Gasteiger partial charge in [-0.15, -0.1) is 11.8 Å². The zero-order valence-corrected chi connectivity index (χ0v) is 15.9. The van der Waals surface area contributed by atoms with Crippen LogP contribution >= 0.6 is 11.8 Å². The largest absolute Gasteiger partial charge is 0.367 e. The molecule has 3 aliphatic rings. The van der Waals surface area contributed by atoms with Crippen molar-refractivity contribution >= 4 is 23.2 Å². The predicted octanol–water partition coefficient (Wildman–Crippen LogP) is 4.32. The minimum absolute atomic E-state index is 0.124. The van der Waals surface area contributed by atoms with Crippen LogP contribution in [0.15, 0.2) is 41.3 Å². The SMILES string of the molecule is CC(=O)c1ccc(-c2cc3c4c(c2)[C@H]2CNCC[C@H]2N4CCCS3)cc1. The number of hydrogen-bond donors (Lipinski definition) is 1. The molecular weight excluding hydrogens is 340 g/mol. The summed E-state index contributed by atoms with van der Waals surface area (Å²) in [5.74, 6) is 1.93. The van der Waals surface area contributed by atoms with Gasteiger partial charge >= 0.3 is 0 Å². The monoisotopic (exact) mass is 364 g/mol. The van der Waals surface area contributed by atoms with Crippen molar-refractivity contribution in [1.29, 1.82) is 0 Å². The second kappa shape index (κ2) is 6.43. The lowest BCUT2D eigenvalue weighted by Gasteiger charge is -2.33. The van der Waals surface area contributed by atoms with Crippen molar-refractivity contribution in [2.45, 2.75) is 36.6 Å². The molecule has 134 valence electrons. The first kappa shape index (κ1) is 16.4. The minimum Gasteiger partial charge on any atom is -0.367 e. The second-order valence-electron chi connectivity index (χ2n) is 7.61. The number of anilines is 1. The third kappa shape index (κ3) is 2.58. The number of rotatable bonds is 2. The smallest absolute Gasteiger partial charge is 0.159 e. The van der Waals surface area contributed by atoms with Gasteiger partial charge < -0.3 is 10.2 Å². The number of Topliss-reactive ketones (excluding diaryl/α,β-unsaturated/α-hetero) is 1.